The number of hydrogen-bond donors (Lipinski definition) is 0. The fourth-order valence-electron chi connectivity index (χ4n) is 6.04. The fourth-order valence-corrected chi connectivity index (χ4v) is 11.0. The van der Waals surface area contributed by atoms with E-state index < -0.39 is 13.1 Å². The summed E-state index contributed by atoms with van der Waals surface area (Å²) in [5.74, 6) is 1.61. The molecule has 0 radical (unpaired) electrons. The normalized spacial score (nSPS) is 17.3. The van der Waals surface area contributed by atoms with Crippen molar-refractivity contribution in [2.24, 2.45) is 0 Å². The predicted octanol–water partition coefficient (Wildman–Crippen LogP) is 6.05. The summed E-state index contributed by atoms with van der Waals surface area (Å²) in [5, 5.41) is 0.0736. The van der Waals surface area contributed by atoms with Gasteiger partial charge in [0.05, 0.1) is 0 Å². The van der Waals surface area contributed by atoms with Gasteiger partial charge in [-0.2, -0.15) is 0 Å². The minimum Gasteiger partial charge on any atom is -0.300 e. The second kappa shape index (κ2) is 10.4. The molecule has 0 N–H and O–H groups in total. The lowest BCUT2D eigenvalue weighted by molar-refractivity contribution is -0.120. The van der Waals surface area contributed by atoms with Crippen LogP contribution in [0.25, 0.3) is 0 Å². The third kappa shape index (κ3) is 5.07. The number of Topliss-reactive ketones (excluding diaryl/α,β-unsaturated/α-hetero) is 1. The molecule has 5 nitrogen and oxygen atoms in total. The lowest BCUT2D eigenvalue weighted by Gasteiger charge is -2.50. The maximum absolute atomic E-state index is 12.8. The lowest BCUT2D eigenvalue weighted by atomic mass is 9.92. The molecule has 1 atom stereocenters. The first-order valence-corrected chi connectivity index (χ1v) is 14.9. The number of benzene rings is 2. The number of ketones is 1. The minimum absolute atomic E-state index is 0.162. The van der Waals surface area contributed by atoms with Crippen LogP contribution in [0.4, 0.5) is 0 Å². The van der Waals surface area contributed by atoms with Crippen molar-refractivity contribution in [3.63, 3.8) is 0 Å². The van der Waals surface area contributed by atoms with Gasteiger partial charge in [-0.25, -0.2) is 19.9 Å². The van der Waals surface area contributed by atoms with Gasteiger partial charge in [-0.15, -0.1) is 9.24 Å². The zero-order valence-corrected chi connectivity index (χ0v) is 24.5. The van der Waals surface area contributed by atoms with Gasteiger partial charge in [-0.05, 0) is 50.9 Å². The first kappa shape index (κ1) is 26.7. The summed E-state index contributed by atoms with van der Waals surface area (Å²) in [7, 11) is 2.26. The molecule has 1 aliphatic rings. The Bertz CT molecular complexity index is 1370. The molecule has 1 unspecified atom stereocenters. The number of hydrogen-bond acceptors (Lipinski definition) is 5. The van der Waals surface area contributed by atoms with Crippen LogP contribution in [0.15, 0.2) is 85.5 Å². The van der Waals surface area contributed by atoms with Crippen molar-refractivity contribution in [2.45, 2.75) is 62.4 Å². The Hall–Kier alpha value is -2.87. The van der Waals surface area contributed by atoms with Crippen LogP contribution in [-0.2, 0) is 16.4 Å². The Labute approximate surface area is 228 Å². The molecule has 1 aliphatic heterocycles. The van der Waals surface area contributed by atoms with Crippen LogP contribution in [0.2, 0.25) is 0 Å². The van der Waals surface area contributed by atoms with E-state index in [1.807, 2.05) is 18.2 Å². The maximum Gasteiger partial charge on any atom is 0.150 e. The van der Waals surface area contributed by atoms with Crippen molar-refractivity contribution < 1.29 is 4.79 Å². The SMILES string of the molecule is CC1(C)CC(=O)CC(C)(C)P1c1ccc(Cc2ccccc2)cc1C(P)(c1ncccn1)c1ncccn1. The van der Waals surface area contributed by atoms with Crippen molar-refractivity contribution in [2.75, 3.05) is 0 Å². The molecule has 3 heterocycles. The van der Waals surface area contributed by atoms with Crippen molar-refractivity contribution in [3.05, 3.63) is 114 Å². The van der Waals surface area contributed by atoms with E-state index in [9.17, 15) is 4.79 Å². The topological polar surface area (TPSA) is 68.6 Å². The second-order valence-corrected chi connectivity index (χ2v) is 15.8. The van der Waals surface area contributed by atoms with Crippen molar-refractivity contribution in [3.8, 4) is 0 Å². The summed E-state index contributed by atoms with van der Waals surface area (Å²) in [6, 6.07) is 21.0. The fraction of sp³-hybridized carbons (Fsp3) is 0.323. The Morgan fingerprint density at radius 2 is 1.29 bits per heavy atom. The number of carbonyl (C=O) groups is 1. The molecule has 2 aromatic heterocycles. The van der Waals surface area contributed by atoms with E-state index in [-0.39, 0.29) is 10.3 Å². The van der Waals surface area contributed by atoms with Crippen LogP contribution < -0.4 is 5.30 Å². The highest BCUT2D eigenvalue weighted by atomic mass is 31.1. The number of nitrogens with zero attached hydrogens (tertiary/aromatic N) is 4. The van der Waals surface area contributed by atoms with Crippen molar-refractivity contribution in [1.82, 2.24) is 19.9 Å². The van der Waals surface area contributed by atoms with Gasteiger partial charge in [0.2, 0.25) is 0 Å². The zero-order chi connectivity index (χ0) is 27.0. The molecule has 0 bridgehead atoms. The molecular formula is C31H34N4OP2. The zero-order valence-electron chi connectivity index (χ0n) is 22.4. The summed E-state index contributed by atoms with van der Waals surface area (Å²) in [4.78, 5) is 31.7. The largest absolute Gasteiger partial charge is 0.300 e. The standard InChI is InChI=1S/C31H34N4OP2/c1-29(2)20-24(36)21-30(3,4)38(29)26-13-12-23(18-22-10-6-5-7-11-22)19-25(26)31(37,27-32-14-8-15-33-27)28-34-16-9-17-35-28/h5-17,19H,18,20-21,37H2,1-4H3. The molecule has 2 aromatic carbocycles. The monoisotopic (exact) mass is 540 g/mol. The van der Waals surface area contributed by atoms with Gasteiger partial charge in [-0.3, -0.25) is 4.79 Å². The Morgan fingerprint density at radius 3 is 1.82 bits per heavy atom. The maximum atomic E-state index is 12.8. The molecule has 7 heteroatoms. The van der Waals surface area contributed by atoms with E-state index >= 15 is 0 Å². The van der Waals surface area contributed by atoms with E-state index in [4.69, 9.17) is 19.9 Å². The predicted molar refractivity (Wildman–Crippen MR) is 158 cm³/mol. The van der Waals surface area contributed by atoms with Crippen molar-refractivity contribution in [1.29, 1.82) is 0 Å². The Morgan fingerprint density at radius 1 is 0.763 bits per heavy atom. The van der Waals surface area contributed by atoms with E-state index in [1.165, 1.54) is 16.4 Å². The Kier molecular flexibility index (Phi) is 7.29. The molecule has 1 saturated heterocycles. The van der Waals surface area contributed by atoms with Gasteiger partial charge in [0.1, 0.15) is 22.6 Å². The Balaban J connectivity index is 1.79. The van der Waals surface area contributed by atoms with Gasteiger partial charge in [0.15, 0.2) is 0 Å². The molecule has 1 fully saturated rings. The van der Waals surface area contributed by atoms with Gasteiger partial charge in [0, 0.05) is 37.6 Å². The summed E-state index contributed by atoms with van der Waals surface area (Å²) >= 11 is 0. The lowest BCUT2D eigenvalue weighted by Crippen LogP contribution is -2.45. The average molecular weight is 541 g/mol. The van der Waals surface area contributed by atoms with Crippen LogP contribution in [0, 0.1) is 0 Å². The second-order valence-electron chi connectivity index (χ2n) is 11.3. The average Bonchev–Trinajstić information content (AvgIpc) is 2.89. The van der Waals surface area contributed by atoms with Gasteiger partial charge in [-0.1, -0.05) is 84.1 Å². The van der Waals surface area contributed by atoms with Gasteiger partial charge in [0.25, 0.3) is 0 Å². The minimum atomic E-state index is -0.861. The molecule has 38 heavy (non-hydrogen) atoms. The van der Waals surface area contributed by atoms with Crippen LogP contribution in [0.3, 0.4) is 0 Å². The molecule has 0 aliphatic carbocycles. The first-order valence-electron chi connectivity index (χ1n) is 12.9. The molecule has 0 amide bonds. The van der Waals surface area contributed by atoms with Crippen molar-refractivity contribution >= 4 is 28.2 Å². The summed E-state index contributed by atoms with van der Waals surface area (Å²) in [5.41, 5.74) is 3.55. The first-order chi connectivity index (χ1) is 18.1. The molecule has 5 rings (SSSR count). The third-order valence-corrected chi connectivity index (χ3v) is 11.7. The molecule has 0 spiro atoms. The smallest absolute Gasteiger partial charge is 0.150 e. The van der Waals surface area contributed by atoms with E-state index in [0.717, 1.165) is 12.0 Å². The number of carbonyl (C=O) groups excluding carboxylic acids is 1. The van der Waals surface area contributed by atoms with Gasteiger partial charge >= 0.3 is 0 Å². The quantitative estimate of drug-likeness (QED) is 0.279. The van der Waals surface area contributed by atoms with E-state index in [1.54, 1.807) is 24.8 Å². The van der Waals surface area contributed by atoms with Crippen LogP contribution in [0.1, 0.15) is 68.9 Å². The van der Waals surface area contributed by atoms with E-state index in [2.05, 4.69) is 79.4 Å². The highest BCUT2D eigenvalue weighted by Gasteiger charge is 2.50. The van der Waals surface area contributed by atoms with Crippen LogP contribution >= 0.6 is 17.2 Å². The van der Waals surface area contributed by atoms with Gasteiger partial charge < -0.3 is 0 Å². The number of aromatic nitrogens is 4. The molecule has 0 saturated carbocycles. The van der Waals surface area contributed by atoms with E-state index in [0.29, 0.717) is 30.3 Å². The van der Waals surface area contributed by atoms with Crippen LogP contribution in [-0.4, -0.2) is 36.0 Å². The summed E-state index contributed by atoms with van der Waals surface area (Å²) < 4.78 is 0. The highest BCUT2D eigenvalue weighted by molar-refractivity contribution is 7.69. The molecular weight excluding hydrogens is 506 g/mol. The third-order valence-electron chi connectivity index (χ3n) is 7.28. The highest BCUT2D eigenvalue weighted by Crippen LogP contribution is 2.65. The number of rotatable bonds is 6. The summed E-state index contributed by atoms with van der Waals surface area (Å²) in [6.07, 6.45) is 9.07. The molecule has 4 aromatic rings. The van der Waals surface area contributed by atoms with Crippen LogP contribution in [0.5, 0.6) is 0 Å². The summed E-state index contributed by atoms with van der Waals surface area (Å²) in [6.45, 7) is 9.01. The molecule has 194 valence electrons.